The van der Waals surface area contributed by atoms with Crippen LogP contribution in [0, 0.1) is 5.82 Å². The van der Waals surface area contributed by atoms with E-state index in [-0.39, 0.29) is 17.6 Å². The van der Waals surface area contributed by atoms with Gasteiger partial charge >= 0.3 is 0 Å². The molecular weight excluding hydrogens is 347 g/mol. The molecule has 3 nitrogen and oxygen atoms in total. The molecule has 0 spiro atoms. The van der Waals surface area contributed by atoms with Gasteiger partial charge in [-0.15, -0.1) is 0 Å². The normalized spacial score (nSPS) is 12.2. The van der Waals surface area contributed by atoms with E-state index >= 15 is 0 Å². The van der Waals surface area contributed by atoms with Gasteiger partial charge in [0.2, 0.25) is 5.91 Å². The van der Waals surface area contributed by atoms with Crippen LogP contribution in [0.3, 0.4) is 0 Å². The first-order valence-corrected chi connectivity index (χ1v) is 7.77. The maximum absolute atomic E-state index is 13.6. The van der Waals surface area contributed by atoms with Crippen molar-refractivity contribution in [1.29, 1.82) is 0 Å². The lowest BCUT2D eigenvalue weighted by Crippen LogP contribution is -2.39. The topological polar surface area (TPSA) is 32.3 Å². The molecule has 1 unspecified atom stereocenters. The maximum atomic E-state index is 13.6. The number of rotatable bonds is 5. The summed E-state index contributed by atoms with van der Waals surface area (Å²) in [6, 6.07) is 13.6. The van der Waals surface area contributed by atoms with Gasteiger partial charge in [-0.05, 0) is 37.7 Å². The highest BCUT2D eigenvalue weighted by Crippen LogP contribution is 2.19. The van der Waals surface area contributed by atoms with E-state index < -0.39 is 5.82 Å². The Morgan fingerprint density at radius 2 is 1.86 bits per heavy atom. The monoisotopic (exact) mass is 364 g/mol. The highest BCUT2D eigenvalue weighted by Gasteiger charge is 2.19. The zero-order valence-corrected chi connectivity index (χ0v) is 14.1. The molecule has 2 aromatic carbocycles. The standard InChI is InChI=1S/C17H18BrFN2O/c1-12(17(22)20-16-10-6-5-9-15(16)19)21(2)11-13-7-3-4-8-14(13)18/h3-10,12H,11H2,1-2H3,(H,20,22). The lowest BCUT2D eigenvalue weighted by Gasteiger charge is -2.24. The molecule has 2 rings (SSSR count). The van der Waals surface area contributed by atoms with Crippen molar-refractivity contribution in [3.05, 3.63) is 64.4 Å². The minimum absolute atomic E-state index is 0.202. The van der Waals surface area contributed by atoms with Crippen LogP contribution in [0.1, 0.15) is 12.5 Å². The zero-order chi connectivity index (χ0) is 16.1. The van der Waals surface area contributed by atoms with Crippen molar-refractivity contribution in [2.75, 3.05) is 12.4 Å². The molecule has 1 atom stereocenters. The van der Waals surface area contributed by atoms with E-state index in [4.69, 9.17) is 0 Å². The highest BCUT2D eigenvalue weighted by molar-refractivity contribution is 9.10. The number of carbonyl (C=O) groups excluding carboxylic acids is 1. The molecule has 1 amide bonds. The molecule has 0 aliphatic carbocycles. The number of amides is 1. The largest absolute Gasteiger partial charge is 0.322 e. The third-order valence-corrected chi connectivity index (χ3v) is 4.32. The number of para-hydroxylation sites is 1. The molecule has 0 saturated heterocycles. The van der Waals surface area contributed by atoms with Gasteiger partial charge in [-0.1, -0.05) is 46.3 Å². The maximum Gasteiger partial charge on any atom is 0.241 e. The number of nitrogens with one attached hydrogen (secondary N) is 1. The van der Waals surface area contributed by atoms with Gasteiger partial charge in [0.15, 0.2) is 0 Å². The molecule has 5 heteroatoms. The van der Waals surface area contributed by atoms with Crippen molar-refractivity contribution in [1.82, 2.24) is 4.90 Å². The summed E-state index contributed by atoms with van der Waals surface area (Å²) < 4.78 is 14.6. The second-order valence-corrected chi connectivity index (χ2v) is 6.01. The Kier molecular flexibility index (Phi) is 5.69. The molecule has 1 N–H and O–H groups in total. The number of carbonyl (C=O) groups is 1. The average Bonchev–Trinajstić information content (AvgIpc) is 2.51. The molecule has 0 aliphatic heterocycles. The van der Waals surface area contributed by atoms with E-state index in [9.17, 15) is 9.18 Å². The van der Waals surface area contributed by atoms with E-state index in [0.717, 1.165) is 10.0 Å². The Morgan fingerprint density at radius 3 is 2.55 bits per heavy atom. The minimum Gasteiger partial charge on any atom is -0.322 e. The third kappa shape index (κ3) is 4.15. The molecule has 0 aliphatic rings. The molecular formula is C17H18BrFN2O. The van der Waals surface area contributed by atoms with E-state index in [1.165, 1.54) is 6.07 Å². The van der Waals surface area contributed by atoms with Crippen molar-refractivity contribution in [3.8, 4) is 0 Å². The van der Waals surface area contributed by atoms with Gasteiger partial charge < -0.3 is 5.32 Å². The van der Waals surface area contributed by atoms with Crippen LogP contribution in [-0.2, 0) is 11.3 Å². The van der Waals surface area contributed by atoms with Gasteiger partial charge in [0, 0.05) is 11.0 Å². The molecule has 2 aromatic rings. The van der Waals surface area contributed by atoms with E-state index in [1.807, 2.05) is 36.2 Å². The van der Waals surface area contributed by atoms with Gasteiger partial charge in [-0.2, -0.15) is 0 Å². The number of hydrogen-bond donors (Lipinski definition) is 1. The fourth-order valence-electron chi connectivity index (χ4n) is 2.03. The first-order valence-electron chi connectivity index (χ1n) is 6.98. The van der Waals surface area contributed by atoms with E-state index in [1.54, 1.807) is 25.1 Å². The lowest BCUT2D eigenvalue weighted by molar-refractivity contribution is -0.120. The van der Waals surface area contributed by atoms with Crippen molar-refractivity contribution >= 4 is 27.5 Å². The summed E-state index contributed by atoms with van der Waals surface area (Å²) in [5, 5.41) is 2.62. The SMILES string of the molecule is CC(C(=O)Nc1ccccc1F)N(C)Cc1ccccc1Br. The number of hydrogen-bond acceptors (Lipinski definition) is 2. The summed E-state index contributed by atoms with van der Waals surface area (Å²) in [5.74, 6) is -0.670. The van der Waals surface area contributed by atoms with Crippen LogP contribution in [0.15, 0.2) is 53.0 Å². The minimum atomic E-state index is -0.434. The smallest absolute Gasteiger partial charge is 0.241 e. The Balaban J connectivity index is 2.01. The fourth-order valence-corrected chi connectivity index (χ4v) is 2.44. The van der Waals surface area contributed by atoms with Gasteiger partial charge in [-0.25, -0.2) is 4.39 Å². The number of likely N-dealkylation sites (N-methyl/N-ethyl adjacent to an activating group) is 1. The molecule has 0 heterocycles. The molecule has 0 radical (unpaired) electrons. The van der Waals surface area contributed by atoms with Crippen LogP contribution in [-0.4, -0.2) is 23.9 Å². The van der Waals surface area contributed by atoms with Crippen LogP contribution < -0.4 is 5.32 Å². The Hall–Kier alpha value is -1.72. The van der Waals surface area contributed by atoms with E-state index in [0.29, 0.717) is 6.54 Å². The Labute approximate surface area is 138 Å². The Bertz CT molecular complexity index is 663. The highest BCUT2D eigenvalue weighted by atomic mass is 79.9. The summed E-state index contributed by atoms with van der Waals surface area (Å²) in [4.78, 5) is 14.2. The summed E-state index contributed by atoms with van der Waals surface area (Å²) in [6.45, 7) is 2.42. The van der Waals surface area contributed by atoms with Crippen molar-refractivity contribution in [2.24, 2.45) is 0 Å². The van der Waals surface area contributed by atoms with Crippen LogP contribution >= 0.6 is 15.9 Å². The summed E-state index contributed by atoms with van der Waals surface area (Å²) in [5.41, 5.74) is 1.30. The van der Waals surface area contributed by atoms with Crippen LogP contribution in [0.4, 0.5) is 10.1 Å². The van der Waals surface area contributed by atoms with Gasteiger partial charge in [0.1, 0.15) is 5.82 Å². The van der Waals surface area contributed by atoms with Crippen LogP contribution in [0.2, 0.25) is 0 Å². The fraction of sp³-hybridized carbons (Fsp3) is 0.235. The van der Waals surface area contributed by atoms with Gasteiger partial charge in [0.25, 0.3) is 0 Å². The van der Waals surface area contributed by atoms with Crippen molar-refractivity contribution in [3.63, 3.8) is 0 Å². The lowest BCUT2D eigenvalue weighted by atomic mass is 10.2. The number of nitrogens with zero attached hydrogens (tertiary/aromatic N) is 1. The number of halogens is 2. The van der Waals surface area contributed by atoms with Crippen molar-refractivity contribution < 1.29 is 9.18 Å². The third-order valence-electron chi connectivity index (χ3n) is 3.55. The zero-order valence-electron chi connectivity index (χ0n) is 12.5. The summed E-state index contributed by atoms with van der Waals surface area (Å²) >= 11 is 3.50. The Morgan fingerprint density at radius 1 is 1.23 bits per heavy atom. The van der Waals surface area contributed by atoms with Gasteiger partial charge in [0.05, 0.1) is 11.7 Å². The molecule has 116 valence electrons. The molecule has 0 fully saturated rings. The predicted molar refractivity (Wildman–Crippen MR) is 90.1 cm³/mol. The molecule has 0 aromatic heterocycles. The second kappa shape index (κ2) is 7.51. The molecule has 0 saturated carbocycles. The van der Waals surface area contributed by atoms with Gasteiger partial charge in [-0.3, -0.25) is 9.69 Å². The summed E-state index contributed by atoms with van der Waals surface area (Å²) in [7, 11) is 1.87. The van der Waals surface area contributed by atoms with E-state index in [2.05, 4.69) is 21.2 Å². The predicted octanol–water partition coefficient (Wildman–Crippen LogP) is 4.05. The first kappa shape index (κ1) is 16.6. The summed E-state index contributed by atoms with van der Waals surface area (Å²) in [6.07, 6.45) is 0. The quantitative estimate of drug-likeness (QED) is 0.867. The number of benzene rings is 2. The van der Waals surface area contributed by atoms with Crippen LogP contribution in [0.25, 0.3) is 0 Å². The average molecular weight is 365 g/mol. The molecule has 0 bridgehead atoms. The molecule has 22 heavy (non-hydrogen) atoms. The van der Waals surface area contributed by atoms with Crippen LogP contribution in [0.5, 0.6) is 0 Å². The first-order chi connectivity index (χ1) is 10.5. The second-order valence-electron chi connectivity index (χ2n) is 5.15. The number of anilines is 1. The van der Waals surface area contributed by atoms with Crippen molar-refractivity contribution in [2.45, 2.75) is 19.5 Å².